The van der Waals surface area contributed by atoms with Gasteiger partial charge in [0.05, 0.1) is 12.1 Å². The van der Waals surface area contributed by atoms with Crippen molar-refractivity contribution in [2.45, 2.75) is 57.4 Å². The smallest absolute Gasteiger partial charge is 0.146 e. The summed E-state index contributed by atoms with van der Waals surface area (Å²) >= 11 is 0. The zero-order valence-electron chi connectivity index (χ0n) is 10.2. The molecule has 0 bridgehead atoms. The van der Waals surface area contributed by atoms with Gasteiger partial charge in [0.15, 0.2) is 0 Å². The third-order valence-corrected chi connectivity index (χ3v) is 4.84. The molecule has 0 radical (unpaired) electrons. The number of Topliss-reactive ketones (excluding diaryl/α,β-unsaturated/α-hetero) is 1. The molecule has 90 valence electrons. The minimum absolute atomic E-state index is 0.109. The van der Waals surface area contributed by atoms with Crippen LogP contribution in [0.3, 0.4) is 0 Å². The van der Waals surface area contributed by atoms with Gasteiger partial charge in [-0.3, -0.25) is 9.69 Å². The normalized spacial score (nSPS) is 47.8. The molecular weight excluding hydrogens is 202 g/mol. The second-order valence-electron chi connectivity index (χ2n) is 5.70. The molecule has 3 nitrogen and oxygen atoms in total. The number of likely N-dealkylation sites (N-methyl/N-ethyl adjacent to an activating group) is 1. The lowest BCUT2D eigenvalue weighted by molar-refractivity contribution is -0.125. The number of nitrogens with zero attached hydrogens (tertiary/aromatic N) is 1. The summed E-state index contributed by atoms with van der Waals surface area (Å²) in [4.78, 5) is 13.7. The van der Waals surface area contributed by atoms with Crippen LogP contribution in [0.15, 0.2) is 0 Å². The van der Waals surface area contributed by atoms with Crippen molar-refractivity contribution in [2.75, 3.05) is 7.05 Å². The predicted octanol–water partition coefficient (Wildman–Crippen LogP) is 1.81. The van der Waals surface area contributed by atoms with E-state index in [0.29, 0.717) is 17.8 Å². The van der Waals surface area contributed by atoms with Crippen LogP contribution in [-0.4, -0.2) is 36.1 Å². The second kappa shape index (κ2) is 3.81. The maximum Gasteiger partial charge on any atom is 0.146 e. The van der Waals surface area contributed by atoms with Crippen LogP contribution in [0.1, 0.15) is 39.0 Å². The van der Waals surface area contributed by atoms with Gasteiger partial charge in [0, 0.05) is 5.92 Å². The first-order valence-corrected chi connectivity index (χ1v) is 6.56. The Morgan fingerprint density at radius 1 is 1.25 bits per heavy atom. The van der Waals surface area contributed by atoms with E-state index in [1.807, 2.05) is 7.05 Å². The van der Waals surface area contributed by atoms with Crippen molar-refractivity contribution in [3.63, 3.8) is 0 Å². The molecule has 0 aromatic carbocycles. The topological polar surface area (TPSA) is 29.5 Å². The number of hydrogen-bond acceptors (Lipinski definition) is 3. The quantitative estimate of drug-likeness (QED) is 0.679. The van der Waals surface area contributed by atoms with Crippen LogP contribution < -0.4 is 0 Å². The molecule has 0 amide bonds. The highest BCUT2D eigenvalue weighted by molar-refractivity contribution is 5.81. The van der Waals surface area contributed by atoms with Crippen molar-refractivity contribution in [1.29, 1.82) is 0 Å². The molecule has 5 atom stereocenters. The van der Waals surface area contributed by atoms with Crippen LogP contribution in [0.5, 0.6) is 0 Å². The van der Waals surface area contributed by atoms with Crippen molar-refractivity contribution >= 4 is 5.78 Å². The zero-order chi connectivity index (χ0) is 11.3. The fourth-order valence-electron chi connectivity index (χ4n) is 4.02. The van der Waals surface area contributed by atoms with Crippen LogP contribution in [0.2, 0.25) is 0 Å². The van der Waals surface area contributed by atoms with Gasteiger partial charge in [-0.15, -0.1) is 0 Å². The number of hydrogen-bond donors (Lipinski definition) is 0. The highest BCUT2D eigenvalue weighted by atomic mass is 16.5. The fourth-order valence-corrected chi connectivity index (χ4v) is 4.02. The molecule has 3 heteroatoms. The molecule has 1 saturated carbocycles. The van der Waals surface area contributed by atoms with E-state index in [0.717, 1.165) is 12.3 Å². The standard InChI is InChI=1S/C13H21NO2/c1-8(15)11-7-10-9-5-3-4-6-12(9)16-13(10)14(11)2/h9-13H,3-7H2,1-2H3. The SMILES string of the molecule is CC(=O)C1CC2C3CCCCC3OC2N1C. The Labute approximate surface area is 97.1 Å². The average molecular weight is 223 g/mol. The molecule has 5 unspecified atom stereocenters. The van der Waals surface area contributed by atoms with Gasteiger partial charge in [-0.2, -0.15) is 0 Å². The molecule has 3 aliphatic rings. The number of likely N-dealkylation sites (tertiary alicyclic amines) is 1. The third kappa shape index (κ3) is 1.45. The Hall–Kier alpha value is -0.410. The van der Waals surface area contributed by atoms with E-state index in [1.54, 1.807) is 6.92 Å². The lowest BCUT2D eigenvalue weighted by Crippen LogP contribution is -2.38. The molecule has 0 spiro atoms. The van der Waals surface area contributed by atoms with Gasteiger partial charge in [0.2, 0.25) is 0 Å². The minimum atomic E-state index is 0.109. The van der Waals surface area contributed by atoms with Gasteiger partial charge in [0.1, 0.15) is 12.0 Å². The summed E-state index contributed by atoms with van der Waals surface area (Å²) in [6.45, 7) is 1.71. The summed E-state index contributed by atoms with van der Waals surface area (Å²) in [6, 6.07) is 0.109. The van der Waals surface area contributed by atoms with Gasteiger partial charge in [-0.1, -0.05) is 12.8 Å². The first-order chi connectivity index (χ1) is 7.68. The molecule has 3 fully saturated rings. The molecule has 1 aliphatic carbocycles. The summed E-state index contributed by atoms with van der Waals surface area (Å²) in [7, 11) is 2.05. The van der Waals surface area contributed by atoms with Crippen LogP contribution in [0.4, 0.5) is 0 Å². The Bertz CT molecular complexity index is 304. The monoisotopic (exact) mass is 223 g/mol. The van der Waals surface area contributed by atoms with Crippen LogP contribution >= 0.6 is 0 Å². The highest BCUT2D eigenvalue weighted by Gasteiger charge is 2.53. The van der Waals surface area contributed by atoms with Crippen LogP contribution in [0, 0.1) is 11.8 Å². The fraction of sp³-hybridized carbons (Fsp3) is 0.923. The Kier molecular flexibility index (Phi) is 2.55. The Morgan fingerprint density at radius 3 is 2.75 bits per heavy atom. The molecule has 0 aromatic rings. The Morgan fingerprint density at radius 2 is 2.00 bits per heavy atom. The summed E-state index contributed by atoms with van der Waals surface area (Å²) < 4.78 is 6.16. The van der Waals surface area contributed by atoms with E-state index < -0.39 is 0 Å². The largest absolute Gasteiger partial charge is 0.359 e. The highest BCUT2D eigenvalue weighted by Crippen LogP contribution is 2.48. The summed E-state index contributed by atoms with van der Waals surface area (Å²) in [6.07, 6.45) is 6.95. The number of ether oxygens (including phenoxy) is 1. The molecule has 2 saturated heterocycles. The summed E-state index contributed by atoms with van der Waals surface area (Å²) in [5, 5.41) is 0. The van der Waals surface area contributed by atoms with Gasteiger partial charge in [0.25, 0.3) is 0 Å². The third-order valence-electron chi connectivity index (χ3n) is 4.84. The van der Waals surface area contributed by atoms with E-state index >= 15 is 0 Å². The van der Waals surface area contributed by atoms with Gasteiger partial charge in [-0.05, 0) is 39.2 Å². The van der Waals surface area contributed by atoms with Crippen molar-refractivity contribution < 1.29 is 9.53 Å². The lowest BCUT2D eigenvalue weighted by Gasteiger charge is -2.28. The van der Waals surface area contributed by atoms with Crippen LogP contribution in [0.25, 0.3) is 0 Å². The maximum absolute atomic E-state index is 11.6. The Balaban J connectivity index is 1.79. The second-order valence-corrected chi connectivity index (χ2v) is 5.70. The maximum atomic E-state index is 11.6. The zero-order valence-corrected chi connectivity index (χ0v) is 10.2. The van der Waals surface area contributed by atoms with Gasteiger partial charge in [-0.25, -0.2) is 0 Å². The molecule has 0 N–H and O–H groups in total. The number of carbonyl (C=O) groups excluding carboxylic acids is 1. The van der Waals surface area contributed by atoms with E-state index in [1.165, 1.54) is 25.7 Å². The summed E-state index contributed by atoms with van der Waals surface area (Å²) in [5.41, 5.74) is 0. The number of rotatable bonds is 1. The lowest BCUT2D eigenvalue weighted by atomic mass is 9.78. The average Bonchev–Trinajstić information content (AvgIpc) is 2.76. The number of carbonyl (C=O) groups is 1. The molecular formula is C13H21NO2. The molecule has 0 aromatic heterocycles. The van der Waals surface area contributed by atoms with Crippen molar-refractivity contribution in [3.8, 4) is 0 Å². The van der Waals surface area contributed by atoms with Gasteiger partial charge >= 0.3 is 0 Å². The molecule has 2 aliphatic heterocycles. The molecule has 2 heterocycles. The number of ketones is 1. The first kappa shape index (κ1) is 10.7. The van der Waals surface area contributed by atoms with Gasteiger partial charge < -0.3 is 4.74 Å². The molecule has 3 rings (SSSR count). The van der Waals surface area contributed by atoms with Crippen molar-refractivity contribution in [2.24, 2.45) is 11.8 Å². The minimum Gasteiger partial charge on any atom is -0.359 e. The first-order valence-electron chi connectivity index (χ1n) is 6.56. The van der Waals surface area contributed by atoms with Crippen molar-refractivity contribution in [1.82, 2.24) is 4.90 Å². The van der Waals surface area contributed by atoms with E-state index in [-0.39, 0.29) is 12.3 Å². The van der Waals surface area contributed by atoms with E-state index in [9.17, 15) is 4.79 Å². The molecule has 16 heavy (non-hydrogen) atoms. The van der Waals surface area contributed by atoms with Crippen LogP contribution in [-0.2, 0) is 9.53 Å². The summed E-state index contributed by atoms with van der Waals surface area (Å²) in [5.74, 6) is 1.64. The van der Waals surface area contributed by atoms with E-state index in [2.05, 4.69) is 4.90 Å². The van der Waals surface area contributed by atoms with E-state index in [4.69, 9.17) is 4.74 Å². The predicted molar refractivity (Wildman–Crippen MR) is 61.0 cm³/mol. The number of fused-ring (bicyclic) bond motifs is 3. The van der Waals surface area contributed by atoms with Crippen molar-refractivity contribution in [3.05, 3.63) is 0 Å².